The van der Waals surface area contributed by atoms with E-state index in [0.29, 0.717) is 5.92 Å². The van der Waals surface area contributed by atoms with Crippen molar-refractivity contribution < 1.29 is 0 Å². The Bertz CT molecular complexity index is 109. The molecule has 0 aliphatic carbocycles. The minimum atomic E-state index is 0.527. The van der Waals surface area contributed by atoms with E-state index in [1.807, 2.05) is 6.08 Å². The topological polar surface area (TPSA) is 0 Å². The van der Waals surface area contributed by atoms with Crippen LogP contribution in [-0.4, -0.2) is 0 Å². The van der Waals surface area contributed by atoms with Gasteiger partial charge in [-0.1, -0.05) is 39.0 Å². The molecule has 0 amide bonds. The van der Waals surface area contributed by atoms with Gasteiger partial charge in [0.2, 0.25) is 0 Å². The maximum absolute atomic E-state index is 3.71. The summed E-state index contributed by atoms with van der Waals surface area (Å²) in [5.41, 5.74) is 0. The van der Waals surface area contributed by atoms with Gasteiger partial charge in [-0.3, -0.25) is 0 Å². The monoisotopic (exact) mass is 138 g/mol. The molecule has 0 aliphatic heterocycles. The van der Waals surface area contributed by atoms with Crippen molar-refractivity contribution in [1.82, 2.24) is 0 Å². The molecule has 0 saturated carbocycles. The highest BCUT2D eigenvalue weighted by molar-refractivity contribution is 4.94. The molecule has 0 fully saturated rings. The summed E-state index contributed by atoms with van der Waals surface area (Å²) < 4.78 is 0. The molecule has 0 aromatic rings. The maximum atomic E-state index is 3.71. The SMILES string of the molecule is C=C[C@@H](C)/C=C/CC(C)C. The third-order valence-electron chi connectivity index (χ3n) is 1.42. The fourth-order valence-electron chi connectivity index (χ4n) is 0.644. The standard InChI is InChI=1S/C10H18/c1-5-10(4)8-6-7-9(2)3/h5-6,8-10H,1,7H2,2-4H3/b8-6+/t10-/m1/s1. The summed E-state index contributed by atoms with van der Waals surface area (Å²) in [6, 6.07) is 0. The lowest BCUT2D eigenvalue weighted by molar-refractivity contribution is 0.661. The van der Waals surface area contributed by atoms with E-state index in [4.69, 9.17) is 0 Å². The van der Waals surface area contributed by atoms with Crippen LogP contribution in [0.3, 0.4) is 0 Å². The van der Waals surface area contributed by atoms with E-state index in [-0.39, 0.29) is 0 Å². The van der Waals surface area contributed by atoms with Gasteiger partial charge in [-0.05, 0) is 18.3 Å². The Labute approximate surface area is 64.6 Å². The summed E-state index contributed by atoms with van der Waals surface area (Å²) in [7, 11) is 0. The zero-order valence-corrected chi connectivity index (χ0v) is 7.30. The molecule has 0 heteroatoms. The Kier molecular flexibility index (Phi) is 5.00. The zero-order chi connectivity index (χ0) is 7.98. The molecule has 0 N–H and O–H groups in total. The summed E-state index contributed by atoms with van der Waals surface area (Å²) in [5, 5.41) is 0. The van der Waals surface area contributed by atoms with Crippen LogP contribution in [0.4, 0.5) is 0 Å². The molecule has 0 spiro atoms. The highest BCUT2D eigenvalue weighted by Gasteiger charge is 1.89. The summed E-state index contributed by atoms with van der Waals surface area (Å²) >= 11 is 0. The van der Waals surface area contributed by atoms with E-state index in [0.717, 1.165) is 5.92 Å². The lowest BCUT2D eigenvalue weighted by atomic mass is 10.1. The zero-order valence-electron chi connectivity index (χ0n) is 7.30. The van der Waals surface area contributed by atoms with Crippen LogP contribution >= 0.6 is 0 Å². The quantitative estimate of drug-likeness (QED) is 0.522. The van der Waals surface area contributed by atoms with Gasteiger partial charge in [0.25, 0.3) is 0 Å². The third kappa shape index (κ3) is 5.61. The van der Waals surface area contributed by atoms with Gasteiger partial charge in [0.15, 0.2) is 0 Å². The van der Waals surface area contributed by atoms with Crippen LogP contribution in [0.1, 0.15) is 27.2 Å². The van der Waals surface area contributed by atoms with E-state index in [2.05, 4.69) is 39.5 Å². The van der Waals surface area contributed by atoms with Crippen molar-refractivity contribution in [2.24, 2.45) is 11.8 Å². The van der Waals surface area contributed by atoms with Crippen molar-refractivity contribution in [3.63, 3.8) is 0 Å². The smallest absolute Gasteiger partial charge is 0.00846 e. The van der Waals surface area contributed by atoms with Crippen molar-refractivity contribution in [1.29, 1.82) is 0 Å². The Morgan fingerprint density at radius 3 is 2.30 bits per heavy atom. The number of hydrogen-bond acceptors (Lipinski definition) is 0. The molecule has 1 atom stereocenters. The second-order valence-electron chi connectivity index (χ2n) is 3.15. The number of rotatable bonds is 4. The van der Waals surface area contributed by atoms with Gasteiger partial charge >= 0.3 is 0 Å². The normalized spacial score (nSPS) is 14.4. The molecule has 0 heterocycles. The minimum Gasteiger partial charge on any atom is -0.102 e. The van der Waals surface area contributed by atoms with Crippen LogP contribution in [0, 0.1) is 11.8 Å². The van der Waals surface area contributed by atoms with Crippen molar-refractivity contribution in [2.75, 3.05) is 0 Å². The fraction of sp³-hybridized carbons (Fsp3) is 0.600. The van der Waals surface area contributed by atoms with Crippen LogP contribution in [0.15, 0.2) is 24.8 Å². The first-order chi connectivity index (χ1) is 4.66. The second-order valence-corrected chi connectivity index (χ2v) is 3.15. The molecule has 58 valence electrons. The summed E-state index contributed by atoms with van der Waals surface area (Å²) in [6.45, 7) is 10.3. The van der Waals surface area contributed by atoms with E-state index in [9.17, 15) is 0 Å². The van der Waals surface area contributed by atoms with Gasteiger partial charge in [0.1, 0.15) is 0 Å². The molecular weight excluding hydrogens is 120 g/mol. The minimum absolute atomic E-state index is 0.527. The van der Waals surface area contributed by atoms with Gasteiger partial charge in [-0.25, -0.2) is 0 Å². The summed E-state index contributed by atoms with van der Waals surface area (Å²) in [5.74, 6) is 1.30. The molecule has 10 heavy (non-hydrogen) atoms. The van der Waals surface area contributed by atoms with E-state index < -0.39 is 0 Å². The molecule has 0 saturated heterocycles. The summed E-state index contributed by atoms with van der Waals surface area (Å²) in [6.07, 6.45) is 7.57. The highest BCUT2D eigenvalue weighted by atomic mass is 13.9. The first-order valence-corrected chi connectivity index (χ1v) is 3.96. The van der Waals surface area contributed by atoms with E-state index in [1.165, 1.54) is 6.42 Å². The van der Waals surface area contributed by atoms with Crippen molar-refractivity contribution in [2.45, 2.75) is 27.2 Å². The molecule has 0 unspecified atom stereocenters. The first kappa shape index (κ1) is 9.48. The Hall–Kier alpha value is -0.520. The number of hydrogen-bond donors (Lipinski definition) is 0. The van der Waals surface area contributed by atoms with Crippen LogP contribution in [0.2, 0.25) is 0 Å². The maximum Gasteiger partial charge on any atom is -0.00846 e. The van der Waals surface area contributed by atoms with Gasteiger partial charge in [-0.2, -0.15) is 0 Å². The van der Waals surface area contributed by atoms with Gasteiger partial charge in [-0.15, -0.1) is 6.58 Å². The number of allylic oxidation sites excluding steroid dienone is 3. The molecule has 0 radical (unpaired) electrons. The molecule has 0 nitrogen and oxygen atoms in total. The lowest BCUT2D eigenvalue weighted by Gasteiger charge is -1.98. The average Bonchev–Trinajstić information content (AvgIpc) is 1.87. The van der Waals surface area contributed by atoms with Gasteiger partial charge in [0, 0.05) is 0 Å². The Morgan fingerprint density at radius 1 is 1.30 bits per heavy atom. The van der Waals surface area contributed by atoms with Crippen molar-refractivity contribution in [3.8, 4) is 0 Å². The second kappa shape index (κ2) is 5.28. The van der Waals surface area contributed by atoms with E-state index >= 15 is 0 Å². The van der Waals surface area contributed by atoms with E-state index in [1.54, 1.807) is 0 Å². The van der Waals surface area contributed by atoms with Crippen LogP contribution in [0.25, 0.3) is 0 Å². The van der Waals surface area contributed by atoms with Crippen LogP contribution in [-0.2, 0) is 0 Å². The predicted octanol–water partition coefficient (Wildman–Crippen LogP) is 3.41. The van der Waals surface area contributed by atoms with Gasteiger partial charge in [0.05, 0.1) is 0 Å². The van der Waals surface area contributed by atoms with Crippen molar-refractivity contribution >= 4 is 0 Å². The fourth-order valence-corrected chi connectivity index (χ4v) is 0.644. The third-order valence-corrected chi connectivity index (χ3v) is 1.42. The molecule has 0 bridgehead atoms. The summed E-state index contributed by atoms with van der Waals surface area (Å²) in [4.78, 5) is 0. The molecule has 0 aliphatic rings. The highest BCUT2D eigenvalue weighted by Crippen LogP contribution is 2.03. The molecule has 0 rings (SSSR count). The predicted molar refractivity (Wildman–Crippen MR) is 48.0 cm³/mol. The largest absolute Gasteiger partial charge is 0.102 e. The van der Waals surface area contributed by atoms with Crippen LogP contribution < -0.4 is 0 Å². The lowest BCUT2D eigenvalue weighted by Crippen LogP contribution is -1.84. The average molecular weight is 138 g/mol. The first-order valence-electron chi connectivity index (χ1n) is 3.96. The molecular formula is C10H18. The Balaban J connectivity index is 3.45. The molecule has 0 aromatic heterocycles. The van der Waals surface area contributed by atoms with Gasteiger partial charge < -0.3 is 0 Å². The Morgan fingerprint density at radius 2 is 1.90 bits per heavy atom. The molecule has 0 aromatic carbocycles. The van der Waals surface area contributed by atoms with Crippen LogP contribution in [0.5, 0.6) is 0 Å². The van der Waals surface area contributed by atoms with Crippen molar-refractivity contribution in [3.05, 3.63) is 24.8 Å².